The Morgan fingerprint density at radius 3 is 2.32 bits per heavy atom. The monoisotopic (exact) mass is 372 g/mol. The van der Waals surface area contributed by atoms with E-state index in [1.54, 1.807) is 0 Å². The van der Waals surface area contributed by atoms with Crippen molar-refractivity contribution in [3.05, 3.63) is 51.1 Å². The molecule has 0 heterocycles. The predicted molar refractivity (Wildman–Crippen MR) is 74.7 cm³/mol. The zero-order chi connectivity index (χ0) is 14.0. The Bertz CT molecular complexity index is 660. The van der Waals surface area contributed by atoms with Gasteiger partial charge < -0.3 is 10.5 Å². The van der Waals surface area contributed by atoms with Crippen molar-refractivity contribution in [2.45, 2.75) is 0 Å². The van der Waals surface area contributed by atoms with Gasteiger partial charge in [0.25, 0.3) is 0 Å². The van der Waals surface area contributed by atoms with E-state index in [9.17, 15) is 8.78 Å². The van der Waals surface area contributed by atoms with Gasteiger partial charge >= 0.3 is 0 Å². The molecule has 0 saturated carbocycles. The number of nitrogen functional groups attached to an aromatic ring is 1. The van der Waals surface area contributed by atoms with E-state index < -0.39 is 17.4 Å². The molecule has 2 aromatic carbocycles. The molecule has 0 spiro atoms. The summed E-state index contributed by atoms with van der Waals surface area (Å²) in [5.74, 6) is -2.03. The largest absolute Gasteiger partial charge is 0.451 e. The number of nitrogens with two attached hydrogens (primary N) is 1. The quantitative estimate of drug-likeness (QED) is 0.644. The zero-order valence-electron chi connectivity index (χ0n) is 9.45. The smallest absolute Gasteiger partial charge is 0.198 e. The molecule has 0 aliphatic heterocycles. The minimum absolute atomic E-state index is 0.0169. The topological polar surface area (TPSA) is 59.0 Å². The standard InChI is InChI=1S/C13H7F2IN2O/c14-10-3-8(18)4-11(15)13(10)19-9-2-1-7(6-17)12(16)5-9/h1-5H,18H2. The maximum atomic E-state index is 13.5. The van der Waals surface area contributed by atoms with E-state index in [0.29, 0.717) is 9.13 Å². The SMILES string of the molecule is N#Cc1ccc(Oc2c(F)cc(N)cc2F)cc1I. The molecular weight excluding hydrogens is 365 g/mol. The highest BCUT2D eigenvalue weighted by Gasteiger charge is 2.13. The summed E-state index contributed by atoms with van der Waals surface area (Å²) >= 11 is 1.94. The highest BCUT2D eigenvalue weighted by atomic mass is 127. The van der Waals surface area contributed by atoms with Crippen LogP contribution in [0.15, 0.2) is 30.3 Å². The first-order chi connectivity index (χ1) is 9.01. The van der Waals surface area contributed by atoms with E-state index in [1.807, 2.05) is 28.7 Å². The van der Waals surface area contributed by atoms with Crippen LogP contribution in [-0.2, 0) is 0 Å². The molecule has 0 fully saturated rings. The number of hydrogen-bond donors (Lipinski definition) is 1. The van der Waals surface area contributed by atoms with Crippen LogP contribution in [0.5, 0.6) is 11.5 Å². The molecule has 19 heavy (non-hydrogen) atoms. The summed E-state index contributed by atoms with van der Waals surface area (Å²) in [7, 11) is 0. The molecule has 0 aliphatic rings. The van der Waals surface area contributed by atoms with Crippen LogP contribution in [0.3, 0.4) is 0 Å². The molecule has 0 unspecified atom stereocenters. The van der Waals surface area contributed by atoms with E-state index in [4.69, 9.17) is 15.7 Å². The molecule has 0 atom stereocenters. The van der Waals surface area contributed by atoms with Crippen LogP contribution < -0.4 is 10.5 Å². The number of benzene rings is 2. The van der Waals surface area contributed by atoms with Crippen LogP contribution in [0, 0.1) is 26.5 Å². The van der Waals surface area contributed by atoms with Gasteiger partial charge in [-0.25, -0.2) is 8.78 Å². The Hall–Kier alpha value is -1.88. The first-order valence-electron chi connectivity index (χ1n) is 5.13. The summed E-state index contributed by atoms with van der Waals surface area (Å²) < 4.78 is 32.9. The van der Waals surface area contributed by atoms with Gasteiger partial charge in [0.1, 0.15) is 11.8 Å². The van der Waals surface area contributed by atoms with Crippen molar-refractivity contribution >= 4 is 28.3 Å². The Kier molecular flexibility index (Phi) is 3.85. The second-order valence-corrected chi connectivity index (χ2v) is 4.83. The van der Waals surface area contributed by atoms with Gasteiger partial charge in [0.05, 0.1) is 5.56 Å². The van der Waals surface area contributed by atoms with E-state index >= 15 is 0 Å². The van der Waals surface area contributed by atoms with E-state index in [-0.39, 0.29) is 11.4 Å². The molecule has 0 bridgehead atoms. The molecule has 0 aromatic heterocycles. The lowest BCUT2D eigenvalue weighted by atomic mass is 10.2. The van der Waals surface area contributed by atoms with E-state index in [1.165, 1.54) is 18.2 Å². The highest BCUT2D eigenvalue weighted by molar-refractivity contribution is 14.1. The molecule has 0 saturated heterocycles. The predicted octanol–water partition coefficient (Wildman–Crippen LogP) is 3.82. The van der Waals surface area contributed by atoms with Gasteiger partial charge in [-0.2, -0.15) is 5.26 Å². The lowest BCUT2D eigenvalue weighted by Gasteiger charge is -2.09. The Labute approximate surface area is 121 Å². The Morgan fingerprint density at radius 2 is 1.79 bits per heavy atom. The van der Waals surface area contributed by atoms with Crippen LogP contribution in [0.1, 0.15) is 5.56 Å². The normalized spacial score (nSPS) is 10.0. The molecular formula is C13H7F2IN2O. The third-order valence-electron chi connectivity index (χ3n) is 2.30. The average Bonchev–Trinajstić information content (AvgIpc) is 2.34. The lowest BCUT2D eigenvalue weighted by Crippen LogP contribution is -1.96. The summed E-state index contributed by atoms with van der Waals surface area (Å²) in [6, 6.07) is 8.46. The van der Waals surface area contributed by atoms with Crippen LogP contribution in [-0.4, -0.2) is 0 Å². The first kappa shape index (κ1) is 13.5. The summed E-state index contributed by atoms with van der Waals surface area (Å²) in [5, 5.41) is 8.79. The van der Waals surface area contributed by atoms with Crippen LogP contribution in [0.2, 0.25) is 0 Å². The van der Waals surface area contributed by atoms with Gasteiger partial charge in [-0.3, -0.25) is 0 Å². The van der Waals surface area contributed by atoms with Gasteiger partial charge in [0.2, 0.25) is 0 Å². The van der Waals surface area contributed by atoms with Gasteiger partial charge in [0, 0.05) is 21.4 Å². The van der Waals surface area contributed by atoms with Crippen molar-refractivity contribution in [1.29, 1.82) is 5.26 Å². The van der Waals surface area contributed by atoms with Gasteiger partial charge in [-0.05, 0) is 40.8 Å². The van der Waals surface area contributed by atoms with Crippen molar-refractivity contribution in [1.82, 2.24) is 0 Å². The Balaban J connectivity index is 2.37. The second kappa shape index (κ2) is 5.40. The third-order valence-corrected chi connectivity index (χ3v) is 3.19. The summed E-state index contributed by atoms with van der Waals surface area (Å²) in [4.78, 5) is 0. The van der Waals surface area contributed by atoms with Crippen molar-refractivity contribution in [2.75, 3.05) is 5.73 Å². The Morgan fingerprint density at radius 1 is 1.16 bits per heavy atom. The summed E-state index contributed by atoms with van der Waals surface area (Å²) in [6.45, 7) is 0. The highest BCUT2D eigenvalue weighted by Crippen LogP contribution is 2.30. The fourth-order valence-corrected chi connectivity index (χ4v) is 2.05. The second-order valence-electron chi connectivity index (χ2n) is 3.67. The maximum Gasteiger partial charge on any atom is 0.198 e. The summed E-state index contributed by atoms with van der Waals surface area (Å²) in [5.41, 5.74) is 5.76. The van der Waals surface area contributed by atoms with Gasteiger partial charge in [0.15, 0.2) is 17.4 Å². The van der Waals surface area contributed by atoms with Crippen molar-refractivity contribution in [3.8, 4) is 17.6 Å². The zero-order valence-corrected chi connectivity index (χ0v) is 11.6. The molecule has 6 heteroatoms. The van der Waals surface area contributed by atoms with Crippen molar-refractivity contribution in [3.63, 3.8) is 0 Å². The van der Waals surface area contributed by atoms with Gasteiger partial charge in [-0.1, -0.05) is 0 Å². The third kappa shape index (κ3) is 2.93. The number of rotatable bonds is 2. The molecule has 3 nitrogen and oxygen atoms in total. The number of ether oxygens (including phenoxy) is 1. The number of hydrogen-bond acceptors (Lipinski definition) is 3. The summed E-state index contributed by atoms with van der Waals surface area (Å²) in [6.07, 6.45) is 0. The molecule has 0 radical (unpaired) electrons. The number of halogens is 3. The molecule has 0 amide bonds. The fraction of sp³-hybridized carbons (Fsp3) is 0. The molecule has 2 aromatic rings. The molecule has 2 N–H and O–H groups in total. The molecule has 2 rings (SSSR count). The van der Waals surface area contributed by atoms with Gasteiger partial charge in [-0.15, -0.1) is 0 Å². The first-order valence-corrected chi connectivity index (χ1v) is 6.21. The molecule has 96 valence electrons. The van der Waals surface area contributed by atoms with Crippen molar-refractivity contribution in [2.24, 2.45) is 0 Å². The van der Waals surface area contributed by atoms with Crippen LogP contribution in [0.25, 0.3) is 0 Å². The maximum absolute atomic E-state index is 13.5. The van der Waals surface area contributed by atoms with E-state index in [2.05, 4.69) is 0 Å². The fourth-order valence-electron chi connectivity index (χ4n) is 1.44. The minimum atomic E-state index is -0.878. The number of anilines is 1. The molecule has 0 aliphatic carbocycles. The van der Waals surface area contributed by atoms with Crippen LogP contribution >= 0.6 is 22.6 Å². The van der Waals surface area contributed by atoms with E-state index in [0.717, 1.165) is 12.1 Å². The minimum Gasteiger partial charge on any atom is -0.451 e. The lowest BCUT2D eigenvalue weighted by molar-refractivity contribution is 0.407. The van der Waals surface area contributed by atoms with Crippen LogP contribution in [0.4, 0.5) is 14.5 Å². The number of nitrogens with zero attached hydrogens (tertiary/aromatic N) is 1. The van der Waals surface area contributed by atoms with Crippen molar-refractivity contribution < 1.29 is 13.5 Å². The number of nitriles is 1. The average molecular weight is 372 g/mol.